The first-order valence-corrected chi connectivity index (χ1v) is 5.25. The summed E-state index contributed by atoms with van der Waals surface area (Å²) in [5.74, 6) is -0.617. The van der Waals surface area contributed by atoms with Crippen molar-refractivity contribution in [1.29, 1.82) is 0 Å². The van der Waals surface area contributed by atoms with Crippen LogP contribution in [0.4, 0.5) is 0 Å². The molecule has 1 fully saturated rings. The van der Waals surface area contributed by atoms with Gasteiger partial charge in [0.1, 0.15) is 5.41 Å². The fourth-order valence-electron chi connectivity index (χ4n) is 1.55. The molecule has 0 aliphatic carbocycles. The molecule has 0 atom stereocenters. The third-order valence-corrected chi connectivity index (χ3v) is 2.83. The summed E-state index contributed by atoms with van der Waals surface area (Å²) in [7, 11) is 0. The van der Waals surface area contributed by atoms with E-state index in [1.807, 2.05) is 26.0 Å². The van der Waals surface area contributed by atoms with Crippen LogP contribution in [0.2, 0.25) is 0 Å². The van der Waals surface area contributed by atoms with Crippen molar-refractivity contribution in [3.05, 3.63) is 12.2 Å². The summed E-state index contributed by atoms with van der Waals surface area (Å²) in [5, 5.41) is 5.07. The summed E-state index contributed by atoms with van der Waals surface area (Å²) in [6, 6.07) is 0. The number of hydrogen-bond acceptors (Lipinski definition) is 3. The van der Waals surface area contributed by atoms with Gasteiger partial charge >= 0.3 is 29.6 Å². The van der Waals surface area contributed by atoms with Gasteiger partial charge in [-0.1, -0.05) is 19.1 Å². The summed E-state index contributed by atoms with van der Waals surface area (Å²) < 4.78 is 0. The van der Waals surface area contributed by atoms with Gasteiger partial charge in [-0.15, -0.1) is 0 Å². The molecule has 1 aliphatic heterocycles. The Morgan fingerprint density at radius 1 is 1.31 bits per heavy atom. The van der Waals surface area contributed by atoms with Gasteiger partial charge in [-0.3, -0.25) is 9.59 Å². The van der Waals surface area contributed by atoms with Crippen molar-refractivity contribution in [3.63, 3.8) is 0 Å². The molecule has 1 rings (SSSR count). The van der Waals surface area contributed by atoms with Crippen molar-refractivity contribution < 1.29 is 39.1 Å². The van der Waals surface area contributed by atoms with Crippen LogP contribution in [-0.4, -0.2) is 16.9 Å². The van der Waals surface area contributed by atoms with Crippen molar-refractivity contribution in [2.24, 2.45) is 5.41 Å². The summed E-state index contributed by atoms with van der Waals surface area (Å²) in [6.07, 6.45) is 4.50. The Morgan fingerprint density at radius 2 is 1.81 bits per heavy atom. The minimum absolute atomic E-state index is 0. The predicted molar refractivity (Wildman–Crippen MR) is 61.0 cm³/mol. The molecule has 1 heterocycles. The van der Waals surface area contributed by atoms with Gasteiger partial charge in [0.2, 0.25) is 11.8 Å². The summed E-state index contributed by atoms with van der Waals surface area (Å²) in [6.45, 7) is 3.67. The molecular weight excluding hydrogens is 235 g/mol. The molecule has 0 aromatic rings. The first kappa shape index (κ1) is 15.8. The smallest absolute Gasteiger partial charge is 0.302 e. The Balaban J connectivity index is 0.00000225. The van der Waals surface area contributed by atoms with Gasteiger partial charge < -0.3 is 10.6 Å². The number of hydrogen-bond donors (Lipinski definition) is 2. The van der Waals surface area contributed by atoms with Crippen LogP contribution in [0.15, 0.2) is 12.2 Å². The van der Waals surface area contributed by atoms with Crippen LogP contribution < -0.4 is 40.2 Å². The Hall–Kier alpha value is -0.230. The monoisotopic (exact) mass is 249 g/mol. The Morgan fingerprint density at radius 3 is 2.19 bits per heavy atom. The van der Waals surface area contributed by atoms with E-state index in [4.69, 9.17) is 12.2 Å². The molecule has 1 saturated heterocycles. The largest absolute Gasteiger partial charge is 1.00 e. The molecule has 0 spiro atoms. The third kappa shape index (κ3) is 2.91. The maximum absolute atomic E-state index is 11.8. The Labute approximate surface area is 123 Å². The van der Waals surface area contributed by atoms with Crippen molar-refractivity contribution in [3.8, 4) is 0 Å². The fraction of sp³-hybridized carbons (Fsp3) is 0.500. The van der Waals surface area contributed by atoms with Crippen LogP contribution in [0, 0.1) is 5.41 Å². The number of nitrogens with one attached hydrogen (secondary N) is 2. The standard InChI is InChI=1S/C10H14N2O2S.Na/c1-3-5-6-10(4-2)7(13)11-9(15)12-8(10)14;/h3,5H,4,6H2,1-2H3,(H2,11,12,13,14,15);/q;+1/b5-3+;. The van der Waals surface area contributed by atoms with Gasteiger partial charge in [-0.2, -0.15) is 0 Å². The first-order chi connectivity index (χ1) is 7.06. The fourth-order valence-corrected chi connectivity index (χ4v) is 1.74. The number of carbonyl (C=O) groups is 2. The quantitative estimate of drug-likeness (QED) is 0.260. The van der Waals surface area contributed by atoms with Gasteiger partial charge in [0, 0.05) is 0 Å². The second kappa shape index (κ2) is 6.49. The summed E-state index contributed by atoms with van der Waals surface area (Å²) in [5.41, 5.74) is -1.01. The van der Waals surface area contributed by atoms with E-state index in [9.17, 15) is 9.59 Å². The van der Waals surface area contributed by atoms with E-state index in [1.165, 1.54) is 0 Å². The first-order valence-electron chi connectivity index (χ1n) is 4.85. The van der Waals surface area contributed by atoms with E-state index in [0.29, 0.717) is 12.8 Å². The number of amides is 2. The van der Waals surface area contributed by atoms with E-state index in [-0.39, 0.29) is 46.5 Å². The van der Waals surface area contributed by atoms with Gasteiger partial charge in [0.05, 0.1) is 0 Å². The number of rotatable bonds is 3. The molecule has 4 nitrogen and oxygen atoms in total. The predicted octanol–water partition coefficient (Wildman–Crippen LogP) is -2.12. The average Bonchev–Trinajstić information content (AvgIpc) is 2.17. The van der Waals surface area contributed by atoms with Crippen LogP contribution in [-0.2, 0) is 9.59 Å². The molecule has 0 aromatic heterocycles. The maximum atomic E-state index is 11.8. The topological polar surface area (TPSA) is 58.2 Å². The molecule has 0 bridgehead atoms. The molecule has 2 amide bonds. The zero-order valence-electron chi connectivity index (χ0n) is 9.79. The van der Waals surface area contributed by atoms with E-state index in [2.05, 4.69) is 10.6 Å². The van der Waals surface area contributed by atoms with Crippen LogP contribution in [0.5, 0.6) is 0 Å². The van der Waals surface area contributed by atoms with E-state index < -0.39 is 5.41 Å². The maximum Gasteiger partial charge on any atom is 1.00 e. The van der Waals surface area contributed by atoms with Crippen LogP contribution in [0.1, 0.15) is 26.7 Å². The number of allylic oxidation sites excluding steroid dienone is 2. The minimum Gasteiger partial charge on any atom is -0.302 e. The molecule has 0 radical (unpaired) electrons. The molecule has 6 heteroatoms. The third-order valence-electron chi connectivity index (χ3n) is 2.63. The van der Waals surface area contributed by atoms with Crippen LogP contribution in [0.3, 0.4) is 0 Å². The Kier molecular flexibility index (Phi) is 6.40. The number of carbonyl (C=O) groups excluding carboxylic acids is 2. The van der Waals surface area contributed by atoms with E-state index >= 15 is 0 Å². The zero-order valence-corrected chi connectivity index (χ0v) is 12.6. The summed E-state index contributed by atoms with van der Waals surface area (Å²) in [4.78, 5) is 23.6. The van der Waals surface area contributed by atoms with Crippen molar-refractivity contribution in [2.45, 2.75) is 26.7 Å². The molecule has 0 saturated carbocycles. The van der Waals surface area contributed by atoms with E-state index in [0.717, 1.165) is 0 Å². The molecule has 2 N–H and O–H groups in total. The minimum atomic E-state index is -1.01. The second-order valence-corrected chi connectivity index (χ2v) is 3.85. The van der Waals surface area contributed by atoms with Crippen molar-refractivity contribution >= 4 is 29.1 Å². The van der Waals surface area contributed by atoms with Crippen LogP contribution >= 0.6 is 12.2 Å². The van der Waals surface area contributed by atoms with Crippen molar-refractivity contribution in [2.75, 3.05) is 0 Å². The van der Waals surface area contributed by atoms with Gasteiger partial charge in [-0.25, -0.2) is 0 Å². The molecule has 1 aliphatic rings. The molecule has 16 heavy (non-hydrogen) atoms. The molecule has 0 aromatic carbocycles. The van der Waals surface area contributed by atoms with Crippen LogP contribution in [0.25, 0.3) is 0 Å². The second-order valence-electron chi connectivity index (χ2n) is 3.45. The SMILES string of the molecule is C/C=C/CC1(CC)C(=O)NC(=S)NC1=O.[Na+]. The van der Waals surface area contributed by atoms with E-state index in [1.54, 1.807) is 0 Å². The zero-order chi connectivity index (χ0) is 11.5. The molecular formula is C10H14N2NaO2S+. The Bertz CT molecular complexity index is 322. The van der Waals surface area contributed by atoms with Gasteiger partial charge in [-0.05, 0) is 32.0 Å². The van der Waals surface area contributed by atoms with Gasteiger partial charge in [0.25, 0.3) is 0 Å². The van der Waals surface area contributed by atoms with Gasteiger partial charge in [0.15, 0.2) is 5.11 Å². The number of thiocarbonyl (C=S) groups is 1. The normalized spacial score (nSPS) is 19.0. The molecule has 82 valence electrons. The molecule has 0 unspecified atom stereocenters. The summed E-state index contributed by atoms with van der Waals surface area (Å²) >= 11 is 4.74. The average molecular weight is 249 g/mol. The van der Waals surface area contributed by atoms with Crippen molar-refractivity contribution in [1.82, 2.24) is 10.6 Å².